The molecule has 0 spiro atoms. The number of anilines is 6. The van der Waals surface area contributed by atoms with Gasteiger partial charge in [0.25, 0.3) is 0 Å². The summed E-state index contributed by atoms with van der Waals surface area (Å²) in [6.45, 7) is 8.83. The second-order valence-corrected chi connectivity index (χ2v) is 13.7. The number of rotatable bonds is 12. The molecule has 0 saturated carbocycles. The fourth-order valence-corrected chi connectivity index (χ4v) is 7.06. The van der Waals surface area contributed by atoms with E-state index in [1.807, 2.05) is 0 Å². The summed E-state index contributed by atoms with van der Waals surface area (Å²) in [5.41, 5.74) is 17.0. The van der Waals surface area contributed by atoms with Crippen molar-refractivity contribution >= 4 is 58.4 Å². The van der Waals surface area contributed by atoms with Gasteiger partial charge < -0.3 is 9.80 Å². The van der Waals surface area contributed by atoms with E-state index >= 15 is 0 Å². The summed E-state index contributed by atoms with van der Waals surface area (Å²) >= 11 is 0. The minimum atomic E-state index is 1.01. The van der Waals surface area contributed by atoms with Gasteiger partial charge in [0.15, 0.2) is 0 Å². The predicted octanol–water partition coefficient (Wildman–Crippen LogP) is 14.7. The number of para-hydroxylation sites is 2. The first-order valence-corrected chi connectivity index (χ1v) is 19.1. The van der Waals surface area contributed by atoms with Crippen molar-refractivity contribution in [2.75, 3.05) is 9.80 Å². The molecule has 0 amide bonds. The van der Waals surface area contributed by atoms with Crippen LogP contribution in [0.3, 0.4) is 0 Å². The summed E-state index contributed by atoms with van der Waals surface area (Å²) in [5.74, 6) is 0. The Kier molecular flexibility index (Phi) is 11.3. The van der Waals surface area contributed by atoms with E-state index < -0.39 is 0 Å². The van der Waals surface area contributed by atoms with Crippen LogP contribution in [0.4, 0.5) is 34.1 Å². The van der Waals surface area contributed by atoms with Gasteiger partial charge in [0.2, 0.25) is 0 Å². The zero-order valence-corrected chi connectivity index (χ0v) is 31.8. The highest BCUT2D eigenvalue weighted by molar-refractivity contribution is 5.82. The summed E-state index contributed by atoms with van der Waals surface area (Å²) in [7, 11) is 0. The van der Waals surface area contributed by atoms with Crippen LogP contribution in [0.5, 0.6) is 0 Å². The number of nitrogens with zero attached hydrogens (tertiary/aromatic N) is 2. The van der Waals surface area contributed by atoms with Gasteiger partial charge in [-0.2, -0.15) is 0 Å². The molecule has 0 aliphatic carbocycles. The molecule has 7 aromatic carbocycles. The van der Waals surface area contributed by atoms with Crippen molar-refractivity contribution in [3.05, 3.63) is 214 Å². The van der Waals surface area contributed by atoms with Crippen molar-refractivity contribution in [2.45, 2.75) is 40.5 Å². The lowest BCUT2D eigenvalue weighted by atomic mass is 10.0. The second kappa shape index (κ2) is 17.0. The van der Waals surface area contributed by atoms with Gasteiger partial charge in [-0.05, 0) is 144 Å². The molecule has 0 saturated heterocycles. The summed E-state index contributed by atoms with van der Waals surface area (Å²) in [5, 5.41) is 0. The largest absolute Gasteiger partial charge is 0.310 e. The van der Waals surface area contributed by atoms with E-state index in [1.165, 1.54) is 44.8 Å². The molecule has 2 nitrogen and oxygen atoms in total. The molecular formula is C52H48N2. The molecule has 0 fully saturated rings. The maximum Gasteiger partial charge on any atom is 0.0464 e. The Bertz CT molecular complexity index is 2180. The van der Waals surface area contributed by atoms with Crippen molar-refractivity contribution in [3.8, 4) is 0 Å². The second-order valence-electron chi connectivity index (χ2n) is 13.7. The molecule has 0 aliphatic heterocycles. The highest BCUT2D eigenvalue weighted by Gasteiger charge is 2.15. The van der Waals surface area contributed by atoms with E-state index in [9.17, 15) is 0 Å². The van der Waals surface area contributed by atoms with Gasteiger partial charge in [0.1, 0.15) is 0 Å². The lowest BCUT2D eigenvalue weighted by molar-refractivity contribution is 1.10. The summed E-state index contributed by atoms with van der Waals surface area (Å²) in [6.07, 6.45) is 10.8. The van der Waals surface area contributed by atoms with E-state index in [2.05, 4.69) is 232 Å². The molecule has 266 valence electrons. The monoisotopic (exact) mass is 700 g/mol. The third-order valence-corrected chi connectivity index (χ3v) is 10.2. The fraction of sp³-hybridized carbons (Fsp3) is 0.115. The van der Waals surface area contributed by atoms with E-state index in [0.29, 0.717) is 0 Å². The number of hydrogen-bond donors (Lipinski definition) is 0. The minimum absolute atomic E-state index is 1.01. The van der Waals surface area contributed by atoms with Crippen molar-refractivity contribution < 1.29 is 0 Å². The number of hydrogen-bond acceptors (Lipinski definition) is 2. The molecule has 0 heterocycles. The molecule has 0 N–H and O–H groups in total. The molecule has 2 heteroatoms. The maximum absolute atomic E-state index is 2.34. The first-order chi connectivity index (χ1) is 26.5. The Morgan fingerprint density at radius 3 is 1.06 bits per heavy atom. The molecule has 0 bridgehead atoms. The van der Waals surface area contributed by atoms with Crippen molar-refractivity contribution in [1.82, 2.24) is 0 Å². The molecule has 0 aliphatic rings. The number of aryl methyl sites for hydroxylation is 4. The van der Waals surface area contributed by atoms with E-state index in [0.717, 1.165) is 46.7 Å². The van der Waals surface area contributed by atoms with Crippen LogP contribution in [0.1, 0.15) is 58.4 Å². The molecule has 7 rings (SSSR count). The highest BCUT2D eigenvalue weighted by Crippen LogP contribution is 2.37. The van der Waals surface area contributed by atoms with Gasteiger partial charge in [-0.15, -0.1) is 0 Å². The van der Waals surface area contributed by atoms with E-state index in [1.54, 1.807) is 0 Å². The Balaban J connectivity index is 1.10. The van der Waals surface area contributed by atoms with E-state index in [4.69, 9.17) is 0 Å². The summed E-state index contributed by atoms with van der Waals surface area (Å²) in [6, 6.07) is 61.0. The van der Waals surface area contributed by atoms with Crippen molar-refractivity contribution in [3.63, 3.8) is 0 Å². The lowest BCUT2D eigenvalue weighted by Gasteiger charge is -2.26. The molecular weight excluding hydrogens is 653 g/mol. The summed E-state index contributed by atoms with van der Waals surface area (Å²) in [4.78, 5) is 4.67. The first kappa shape index (κ1) is 36.0. The van der Waals surface area contributed by atoms with Crippen LogP contribution in [0.15, 0.2) is 170 Å². The van der Waals surface area contributed by atoms with Gasteiger partial charge in [0, 0.05) is 34.1 Å². The normalized spacial score (nSPS) is 11.3. The first-order valence-electron chi connectivity index (χ1n) is 19.1. The van der Waals surface area contributed by atoms with Gasteiger partial charge in [-0.1, -0.05) is 135 Å². The average molecular weight is 701 g/mol. The molecule has 0 aromatic heterocycles. The SMILES string of the molecule is CCc1cc(N(c2ccccc2)c2ccc(/C=C\c3ccccc3/C=C/c3ccc(N(c4ccccc4)c4ccc(C)c(CC)c4)cc3)cc2)ccc1C. The van der Waals surface area contributed by atoms with Crippen LogP contribution in [-0.4, -0.2) is 0 Å². The lowest BCUT2D eigenvalue weighted by Crippen LogP contribution is -2.10. The zero-order chi connectivity index (χ0) is 37.3. The summed E-state index contributed by atoms with van der Waals surface area (Å²) < 4.78 is 0. The standard InChI is InChI=1S/C52H48N2/c1-5-43-37-51(31-21-39(43)3)53(47-17-9-7-10-18-47)49-33-25-41(26-34-49)23-29-45-15-13-14-16-46(45)30-24-42-27-35-50(36-28-42)54(48-19-11-8-12-20-48)52-32-22-40(4)44(6-2)38-52/h7-38H,5-6H2,1-4H3/b29-23-,30-24+. The highest BCUT2D eigenvalue weighted by atomic mass is 15.1. The molecule has 7 aromatic rings. The van der Waals surface area contributed by atoms with Gasteiger partial charge in [-0.3, -0.25) is 0 Å². The van der Waals surface area contributed by atoms with Crippen LogP contribution in [-0.2, 0) is 12.8 Å². The topological polar surface area (TPSA) is 6.48 Å². The average Bonchev–Trinajstić information content (AvgIpc) is 3.22. The number of benzene rings is 7. The van der Waals surface area contributed by atoms with Crippen LogP contribution in [0.2, 0.25) is 0 Å². The Hall–Kier alpha value is -6.38. The minimum Gasteiger partial charge on any atom is -0.310 e. The smallest absolute Gasteiger partial charge is 0.0464 e. The van der Waals surface area contributed by atoms with Crippen LogP contribution in [0, 0.1) is 13.8 Å². The molecule has 0 radical (unpaired) electrons. The van der Waals surface area contributed by atoms with E-state index in [-0.39, 0.29) is 0 Å². The Morgan fingerprint density at radius 1 is 0.352 bits per heavy atom. The third kappa shape index (κ3) is 8.30. The quantitative estimate of drug-likeness (QED) is 0.117. The fourth-order valence-electron chi connectivity index (χ4n) is 7.06. The Morgan fingerprint density at radius 2 is 0.685 bits per heavy atom. The third-order valence-electron chi connectivity index (χ3n) is 10.2. The van der Waals surface area contributed by atoms with Gasteiger partial charge in [0.05, 0.1) is 0 Å². The van der Waals surface area contributed by atoms with Gasteiger partial charge in [-0.25, -0.2) is 0 Å². The predicted molar refractivity (Wildman–Crippen MR) is 235 cm³/mol. The maximum atomic E-state index is 2.34. The van der Waals surface area contributed by atoms with Crippen molar-refractivity contribution in [1.29, 1.82) is 0 Å². The molecule has 54 heavy (non-hydrogen) atoms. The molecule has 0 unspecified atom stereocenters. The van der Waals surface area contributed by atoms with Crippen LogP contribution in [0.25, 0.3) is 24.3 Å². The molecule has 0 atom stereocenters. The van der Waals surface area contributed by atoms with Gasteiger partial charge >= 0.3 is 0 Å². The van der Waals surface area contributed by atoms with Crippen LogP contribution < -0.4 is 9.80 Å². The van der Waals surface area contributed by atoms with Crippen LogP contribution >= 0.6 is 0 Å². The zero-order valence-electron chi connectivity index (χ0n) is 31.8. The Labute approximate surface area is 322 Å². The van der Waals surface area contributed by atoms with Crippen molar-refractivity contribution in [2.24, 2.45) is 0 Å².